The van der Waals surface area contributed by atoms with Crippen LogP contribution in [0.2, 0.25) is 0 Å². The van der Waals surface area contributed by atoms with Crippen molar-refractivity contribution in [2.24, 2.45) is 0 Å². The minimum absolute atomic E-state index is 0.0205. The van der Waals surface area contributed by atoms with Gasteiger partial charge in [0.1, 0.15) is 5.75 Å². The normalized spacial score (nSPS) is 15.2. The van der Waals surface area contributed by atoms with Gasteiger partial charge in [-0.3, -0.25) is 9.59 Å². The molecule has 2 aromatic rings. The van der Waals surface area contributed by atoms with Gasteiger partial charge in [-0.15, -0.1) is 0 Å². The van der Waals surface area contributed by atoms with E-state index in [0.717, 1.165) is 27.0 Å². The highest BCUT2D eigenvalue weighted by atomic mass is 16.5. The molecule has 29 heavy (non-hydrogen) atoms. The van der Waals surface area contributed by atoms with Crippen molar-refractivity contribution < 1.29 is 24.0 Å². The van der Waals surface area contributed by atoms with E-state index in [1.54, 1.807) is 19.1 Å². The topological polar surface area (TPSA) is 63.5 Å². The Morgan fingerprint density at radius 2 is 1.79 bits per heavy atom. The molecule has 1 aliphatic rings. The number of carbonyl (C=O) groups is 2. The Morgan fingerprint density at radius 3 is 2.52 bits per heavy atom. The van der Waals surface area contributed by atoms with E-state index in [0.29, 0.717) is 39.4 Å². The maximum atomic E-state index is 12.6. The number of hydrogen-bond donors (Lipinski definition) is 1. The summed E-state index contributed by atoms with van der Waals surface area (Å²) in [6, 6.07) is 12.1. The largest absolute Gasteiger partial charge is 0.497 e. The summed E-state index contributed by atoms with van der Waals surface area (Å²) in [4.78, 5) is 29.4. The summed E-state index contributed by atoms with van der Waals surface area (Å²) in [5.74, 6) is 0.925. The number of likely N-dealkylation sites (N-methyl/N-ethyl adjacent to an activating group) is 2. The Kier molecular flexibility index (Phi) is 7.06. The molecular formula is C22H30N3O4+. The Bertz CT molecular complexity index is 864. The van der Waals surface area contributed by atoms with Gasteiger partial charge in [0.2, 0.25) is 0 Å². The Labute approximate surface area is 171 Å². The molecule has 1 N–H and O–H groups in total. The lowest BCUT2D eigenvalue weighted by Gasteiger charge is -2.27. The lowest BCUT2D eigenvalue weighted by Crippen LogP contribution is -3.11. The van der Waals surface area contributed by atoms with Gasteiger partial charge in [-0.05, 0) is 34.5 Å². The molecule has 0 aromatic heterocycles. The number of nitrogens with one attached hydrogen (secondary N) is 1. The molecule has 7 heteroatoms. The number of rotatable bonds is 7. The van der Waals surface area contributed by atoms with Gasteiger partial charge < -0.3 is 24.2 Å². The fourth-order valence-electron chi connectivity index (χ4n) is 3.50. The van der Waals surface area contributed by atoms with Gasteiger partial charge >= 0.3 is 0 Å². The van der Waals surface area contributed by atoms with Crippen LogP contribution in [0.1, 0.15) is 5.56 Å². The minimum Gasteiger partial charge on any atom is -0.497 e. The second-order valence-corrected chi connectivity index (χ2v) is 7.60. The van der Waals surface area contributed by atoms with E-state index in [1.807, 2.05) is 42.3 Å². The summed E-state index contributed by atoms with van der Waals surface area (Å²) >= 11 is 0. The molecule has 0 saturated carbocycles. The molecule has 1 saturated heterocycles. The lowest BCUT2D eigenvalue weighted by molar-refractivity contribution is -0.863. The molecular weight excluding hydrogens is 370 g/mol. The Balaban J connectivity index is 1.53. The molecule has 1 aliphatic heterocycles. The van der Waals surface area contributed by atoms with Crippen molar-refractivity contribution in [3.63, 3.8) is 0 Å². The first-order chi connectivity index (χ1) is 14.0. The van der Waals surface area contributed by atoms with Crippen molar-refractivity contribution in [3.05, 3.63) is 42.0 Å². The number of fused-ring (bicyclic) bond motifs is 1. The van der Waals surface area contributed by atoms with Gasteiger partial charge in [-0.1, -0.05) is 18.2 Å². The molecule has 1 heterocycles. The van der Waals surface area contributed by atoms with E-state index >= 15 is 0 Å². The predicted molar refractivity (Wildman–Crippen MR) is 111 cm³/mol. The second kappa shape index (κ2) is 9.71. The highest BCUT2D eigenvalue weighted by Crippen LogP contribution is 2.22. The Hall–Kier alpha value is -2.64. The van der Waals surface area contributed by atoms with E-state index in [2.05, 4.69) is 6.07 Å². The third-order valence-corrected chi connectivity index (χ3v) is 5.23. The SMILES string of the molecule is COc1ccc2cc(CN(C)C(=O)C[NH+](C)CC(=O)N3CCOCC3)ccc2c1. The summed E-state index contributed by atoms with van der Waals surface area (Å²) in [6.45, 7) is 3.58. The van der Waals surface area contributed by atoms with Crippen molar-refractivity contribution in [2.75, 3.05) is 60.6 Å². The van der Waals surface area contributed by atoms with E-state index in [9.17, 15) is 9.59 Å². The number of benzene rings is 2. The molecule has 3 rings (SSSR count). The maximum Gasteiger partial charge on any atom is 0.277 e. The number of morpholine rings is 1. The van der Waals surface area contributed by atoms with Gasteiger partial charge in [0.05, 0.1) is 27.4 Å². The number of quaternary nitrogens is 1. The Morgan fingerprint density at radius 1 is 1.10 bits per heavy atom. The van der Waals surface area contributed by atoms with Crippen LogP contribution in [0.3, 0.4) is 0 Å². The highest BCUT2D eigenvalue weighted by Gasteiger charge is 2.22. The first kappa shape index (κ1) is 21.1. The lowest BCUT2D eigenvalue weighted by atomic mass is 10.1. The first-order valence-corrected chi connectivity index (χ1v) is 9.93. The van der Waals surface area contributed by atoms with Crippen LogP contribution in [-0.2, 0) is 20.9 Å². The van der Waals surface area contributed by atoms with Crippen LogP contribution in [-0.4, -0.2) is 82.2 Å². The second-order valence-electron chi connectivity index (χ2n) is 7.60. The molecule has 2 amide bonds. The van der Waals surface area contributed by atoms with Crippen molar-refractivity contribution in [2.45, 2.75) is 6.54 Å². The standard InChI is InChI=1S/C22H29N3O4/c1-23(16-22(27)25-8-10-29-11-9-25)15-21(26)24(2)14-17-4-5-19-13-20(28-3)7-6-18(19)12-17/h4-7,12-13H,8-11,14-16H2,1-3H3/p+1. The zero-order chi connectivity index (χ0) is 20.8. The van der Waals surface area contributed by atoms with Crippen LogP contribution in [0.4, 0.5) is 0 Å². The van der Waals surface area contributed by atoms with E-state index in [-0.39, 0.29) is 18.4 Å². The molecule has 1 unspecified atom stereocenters. The summed E-state index contributed by atoms with van der Waals surface area (Å²) in [6.07, 6.45) is 0. The zero-order valence-electron chi connectivity index (χ0n) is 17.4. The van der Waals surface area contributed by atoms with Crippen molar-refractivity contribution in [1.82, 2.24) is 9.80 Å². The van der Waals surface area contributed by atoms with Crippen molar-refractivity contribution in [3.8, 4) is 5.75 Å². The number of amides is 2. The molecule has 1 fully saturated rings. The van der Waals surface area contributed by atoms with Gasteiger partial charge in [0.25, 0.3) is 11.8 Å². The minimum atomic E-state index is 0.0205. The van der Waals surface area contributed by atoms with Crippen LogP contribution in [0.5, 0.6) is 5.75 Å². The van der Waals surface area contributed by atoms with E-state index < -0.39 is 0 Å². The summed E-state index contributed by atoms with van der Waals surface area (Å²) in [5, 5.41) is 2.22. The third-order valence-electron chi connectivity index (χ3n) is 5.23. The van der Waals surface area contributed by atoms with Crippen molar-refractivity contribution >= 4 is 22.6 Å². The van der Waals surface area contributed by atoms with Crippen LogP contribution >= 0.6 is 0 Å². The summed E-state index contributed by atoms with van der Waals surface area (Å²) in [7, 11) is 5.34. The van der Waals surface area contributed by atoms with E-state index in [1.165, 1.54) is 0 Å². The smallest absolute Gasteiger partial charge is 0.277 e. The molecule has 0 radical (unpaired) electrons. The number of nitrogens with zero attached hydrogens (tertiary/aromatic N) is 2. The number of ether oxygens (including phenoxy) is 2. The molecule has 0 spiro atoms. The van der Waals surface area contributed by atoms with Crippen LogP contribution in [0.25, 0.3) is 10.8 Å². The average Bonchev–Trinajstić information content (AvgIpc) is 2.73. The molecule has 2 aromatic carbocycles. The zero-order valence-corrected chi connectivity index (χ0v) is 17.4. The molecule has 0 bridgehead atoms. The van der Waals surface area contributed by atoms with E-state index in [4.69, 9.17) is 9.47 Å². The fraction of sp³-hybridized carbons (Fsp3) is 0.455. The molecule has 1 atom stereocenters. The number of carbonyl (C=O) groups excluding carboxylic acids is 2. The number of hydrogen-bond acceptors (Lipinski definition) is 4. The van der Waals surface area contributed by atoms with Crippen LogP contribution in [0, 0.1) is 0 Å². The van der Waals surface area contributed by atoms with Crippen molar-refractivity contribution in [1.29, 1.82) is 0 Å². The summed E-state index contributed by atoms with van der Waals surface area (Å²) in [5.41, 5.74) is 1.07. The monoisotopic (exact) mass is 400 g/mol. The quantitative estimate of drug-likeness (QED) is 0.720. The molecule has 0 aliphatic carbocycles. The van der Waals surface area contributed by atoms with Gasteiger partial charge in [-0.2, -0.15) is 0 Å². The molecule has 7 nitrogen and oxygen atoms in total. The first-order valence-electron chi connectivity index (χ1n) is 9.93. The van der Waals surface area contributed by atoms with Gasteiger partial charge in [0, 0.05) is 26.7 Å². The highest BCUT2D eigenvalue weighted by molar-refractivity contribution is 5.85. The summed E-state index contributed by atoms with van der Waals surface area (Å²) < 4.78 is 10.5. The number of methoxy groups -OCH3 is 1. The van der Waals surface area contributed by atoms with Gasteiger partial charge in [-0.25, -0.2) is 0 Å². The van der Waals surface area contributed by atoms with Crippen LogP contribution < -0.4 is 9.64 Å². The average molecular weight is 400 g/mol. The fourth-order valence-corrected chi connectivity index (χ4v) is 3.50. The predicted octanol–water partition coefficient (Wildman–Crippen LogP) is 0.180. The van der Waals surface area contributed by atoms with Gasteiger partial charge in [0.15, 0.2) is 13.1 Å². The maximum absolute atomic E-state index is 12.6. The molecule has 156 valence electrons. The third kappa shape index (κ3) is 5.68. The van der Waals surface area contributed by atoms with Crippen LogP contribution in [0.15, 0.2) is 36.4 Å².